The van der Waals surface area contributed by atoms with Crippen LogP contribution in [0.1, 0.15) is 0 Å². The van der Waals surface area contributed by atoms with E-state index in [0.29, 0.717) is 0 Å². The summed E-state index contributed by atoms with van der Waals surface area (Å²) in [5.41, 5.74) is 8.17. The Hall–Kier alpha value is -3.61. The largest absolute Gasteiger partial charge is 0.256 e. The number of aromatic nitrogens is 2. The van der Waals surface area contributed by atoms with Crippen LogP contribution < -0.4 is 0 Å². The van der Waals surface area contributed by atoms with Crippen LogP contribution in [-0.4, -0.2) is 9.97 Å². The lowest BCUT2D eigenvalue weighted by atomic mass is 9.98. The van der Waals surface area contributed by atoms with Gasteiger partial charge in [0, 0.05) is 42.4 Å². The summed E-state index contributed by atoms with van der Waals surface area (Å²) >= 11 is 4.10. The molecule has 0 aliphatic heterocycles. The standard InChI is InChI=1S/C32H19IN2S/c33-26-14-12-20(13-15-26)23-10-11-24-17-25(19-35-30(24)18-23)21-6-8-22(9-7-21)27-3-1-4-28-29-5-2-16-34-32(29)36-31(27)28/h1-19H. The van der Waals surface area contributed by atoms with Gasteiger partial charge in [-0.3, -0.25) is 4.98 Å². The van der Waals surface area contributed by atoms with E-state index in [1.54, 1.807) is 11.3 Å². The molecule has 0 unspecified atom stereocenters. The zero-order valence-corrected chi connectivity index (χ0v) is 22.1. The molecule has 0 saturated carbocycles. The molecule has 0 spiro atoms. The first-order valence-corrected chi connectivity index (χ1v) is 13.7. The average molecular weight is 590 g/mol. The average Bonchev–Trinajstić information content (AvgIpc) is 3.32. The number of rotatable bonds is 3. The van der Waals surface area contributed by atoms with Crippen LogP contribution in [0.4, 0.5) is 0 Å². The number of hydrogen-bond donors (Lipinski definition) is 0. The zero-order valence-electron chi connectivity index (χ0n) is 19.2. The normalized spacial score (nSPS) is 11.5. The highest BCUT2D eigenvalue weighted by molar-refractivity contribution is 14.1. The molecule has 0 aliphatic rings. The number of thiophene rings is 1. The summed E-state index contributed by atoms with van der Waals surface area (Å²) in [4.78, 5) is 10.5. The Labute approximate surface area is 226 Å². The summed E-state index contributed by atoms with van der Waals surface area (Å²) in [6.45, 7) is 0. The monoisotopic (exact) mass is 590 g/mol. The Balaban J connectivity index is 1.23. The maximum absolute atomic E-state index is 4.80. The van der Waals surface area contributed by atoms with Crippen LogP contribution in [-0.2, 0) is 0 Å². The minimum absolute atomic E-state index is 1.01. The van der Waals surface area contributed by atoms with Gasteiger partial charge in [0.2, 0.25) is 0 Å². The van der Waals surface area contributed by atoms with Gasteiger partial charge in [-0.05, 0) is 86.8 Å². The molecule has 2 nitrogen and oxygen atoms in total. The highest BCUT2D eigenvalue weighted by Gasteiger charge is 2.11. The van der Waals surface area contributed by atoms with Crippen molar-refractivity contribution in [1.29, 1.82) is 0 Å². The molecule has 4 aromatic carbocycles. The summed E-state index contributed by atoms with van der Waals surface area (Å²) in [5.74, 6) is 0. The molecule has 36 heavy (non-hydrogen) atoms. The molecular formula is C32H19IN2S. The van der Waals surface area contributed by atoms with E-state index >= 15 is 0 Å². The number of benzene rings is 4. The lowest BCUT2D eigenvalue weighted by Gasteiger charge is -2.08. The van der Waals surface area contributed by atoms with Gasteiger partial charge in [0.05, 0.1) is 5.52 Å². The quantitative estimate of drug-likeness (QED) is 0.192. The van der Waals surface area contributed by atoms with E-state index in [9.17, 15) is 0 Å². The van der Waals surface area contributed by atoms with Crippen molar-refractivity contribution in [2.24, 2.45) is 0 Å². The molecule has 170 valence electrons. The van der Waals surface area contributed by atoms with Crippen LogP contribution in [0.5, 0.6) is 0 Å². The molecule has 0 saturated heterocycles. The van der Waals surface area contributed by atoms with Gasteiger partial charge in [-0.1, -0.05) is 66.7 Å². The van der Waals surface area contributed by atoms with Crippen molar-refractivity contribution in [3.63, 3.8) is 0 Å². The van der Waals surface area contributed by atoms with Crippen molar-refractivity contribution >= 4 is 65.1 Å². The molecule has 0 bridgehead atoms. The molecule has 0 N–H and O–H groups in total. The van der Waals surface area contributed by atoms with Crippen LogP contribution in [0.2, 0.25) is 0 Å². The fourth-order valence-corrected chi connectivity index (χ4v) is 6.34. The Morgan fingerprint density at radius 2 is 1.31 bits per heavy atom. The highest BCUT2D eigenvalue weighted by Crippen LogP contribution is 2.39. The molecule has 3 aromatic heterocycles. The van der Waals surface area contributed by atoms with Crippen molar-refractivity contribution in [1.82, 2.24) is 9.97 Å². The molecule has 0 atom stereocenters. The predicted octanol–water partition coefficient (Wildman–Crippen LogP) is 9.60. The van der Waals surface area contributed by atoms with Crippen molar-refractivity contribution < 1.29 is 0 Å². The molecule has 4 heteroatoms. The second-order valence-electron chi connectivity index (χ2n) is 8.86. The van der Waals surface area contributed by atoms with Gasteiger partial charge in [0.1, 0.15) is 4.83 Å². The van der Waals surface area contributed by atoms with Crippen LogP contribution in [0.3, 0.4) is 0 Å². The van der Waals surface area contributed by atoms with Gasteiger partial charge in [-0.15, -0.1) is 11.3 Å². The minimum Gasteiger partial charge on any atom is -0.256 e. The third kappa shape index (κ3) is 3.77. The second kappa shape index (κ2) is 8.80. The number of fused-ring (bicyclic) bond motifs is 4. The van der Waals surface area contributed by atoms with Gasteiger partial charge >= 0.3 is 0 Å². The molecule has 0 aliphatic carbocycles. The highest BCUT2D eigenvalue weighted by atomic mass is 127. The Kier molecular flexibility index (Phi) is 5.29. The number of nitrogens with zero attached hydrogens (tertiary/aromatic N) is 2. The Bertz CT molecular complexity index is 1890. The number of halogens is 1. The SMILES string of the molecule is Ic1ccc(-c2ccc3cc(-c4ccc(-c5cccc6c5sc5ncccc56)cc4)cnc3c2)cc1. The van der Waals surface area contributed by atoms with Gasteiger partial charge in [0.15, 0.2) is 0 Å². The van der Waals surface area contributed by atoms with Crippen LogP contribution in [0.15, 0.2) is 116 Å². The van der Waals surface area contributed by atoms with E-state index in [4.69, 9.17) is 4.98 Å². The smallest absolute Gasteiger partial charge is 0.124 e. The summed E-state index contributed by atoms with van der Waals surface area (Å²) in [6.07, 6.45) is 3.85. The molecule has 0 radical (unpaired) electrons. The predicted molar refractivity (Wildman–Crippen MR) is 161 cm³/mol. The Morgan fingerprint density at radius 3 is 2.17 bits per heavy atom. The number of pyridine rings is 2. The van der Waals surface area contributed by atoms with E-state index in [2.05, 4.69) is 125 Å². The first-order valence-electron chi connectivity index (χ1n) is 11.8. The topological polar surface area (TPSA) is 25.8 Å². The van der Waals surface area contributed by atoms with Crippen molar-refractivity contribution in [3.05, 3.63) is 119 Å². The van der Waals surface area contributed by atoms with Gasteiger partial charge in [-0.2, -0.15) is 0 Å². The summed E-state index contributed by atoms with van der Waals surface area (Å²) < 4.78 is 2.53. The molecule has 7 rings (SSSR count). The van der Waals surface area contributed by atoms with E-state index in [0.717, 1.165) is 21.3 Å². The van der Waals surface area contributed by atoms with Crippen LogP contribution in [0, 0.1) is 3.57 Å². The van der Waals surface area contributed by atoms with E-state index in [-0.39, 0.29) is 0 Å². The molecule has 0 amide bonds. The molecular weight excluding hydrogens is 571 g/mol. The minimum atomic E-state index is 1.01. The molecule has 0 fully saturated rings. The fraction of sp³-hybridized carbons (Fsp3) is 0. The van der Waals surface area contributed by atoms with Gasteiger partial charge in [-0.25, -0.2) is 4.98 Å². The zero-order chi connectivity index (χ0) is 24.1. The lowest BCUT2D eigenvalue weighted by molar-refractivity contribution is 1.41. The third-order valence-corrected chi connectivity index (χ3v) is 8.55. The van der Waals surface area contributed by atoms with Crippen molar-refractivity contribution in [2.75, 3.05) is 0 Å². The van der Waals surface area contributed by atoms with Crippen molar-refractivity contribution in [2.45, 2.75) is 0 Å². The third-order valence-electron chi connectivity index (χ3n) is 6.67. The van der Waals surface area contributed by atoms with Crippen LogP contribution in [0.25, 0.3) is 64.6 Å². The Morgan fingerprint density at radius 1 is 0.583 bits per heavy atom. The summed E-state index contributed by atoms with van der Waals surface area (Å²) in [5, 5.41) is 3.64. The van der Waals surface area contributed by atoms with Gasteiger partial charge in [0.25, 0.3) is 0 Å². The fourth-order valence-electron chi connectivity index (χ4n) is 4.80. The molecule has 3 heterocycles. The molecule has 7 aromatic rings. The van der Waals surface area contributed by atoms with Gasteiger partial charge < -0.3 is 0 Å². The maximum Gasteiger partial charge on any atom is 0.124 e. The van der Waals surface area contributed by atoms with E-state index < -0.39 is 0 Å². The first kappa shape index (κ1) is 21.7. The lowest BCUT2D eigenvalue weighted by Crippen LogP contribution is -1.86. The summed E-state index contributed by atoms with van der Waals surface area (Å²) in [7, 11) is 0. The first-order chi connectivity index (χ1) is 17.7. The van der Waals surface area contributed by atoms with Crippen molar-refractivity contribution in [3.8, 4) is 33.4 Å². The van der Waals surface area contributed by atoms with Crippen LogP contribution >= 0.6 is 33.9 Å². The van der Waals surface area contributed by atoms with E-state index in [1.165, 1.54) is 46.9 Å². The summed E-state index contributed by atoms with van der Waals surface area (Å²) in [6, 6.07) is 36.9. The maximum atomic E-state index is 4.80. The second-order valence-corrected chi connectivity index (χ2v) is 11.1. The number of hydrogen-bond acceptors (Lipinski definition) is 3. The van der Waals surface area contributed by atoms with E-state index in [1.807, 2.05) is 18.5 Å².